The van der Waals surface area contributed by atoms with Crippen molar-refractivity contribution in [1.82, 2.24) is 9.88 Å². The van der Waals surface area contributed by atoms with Gasteiger partial charge in [0.05, 0.1) is 25.3 Å². The number of aromatic nitrogens is 1. The van der Waals surface area contributed by atoms with E-state index >= 15 is 0 Å². The maximum Gasteiger partial charge on any atom is 0.311 e. The van der Waals surface area contributed by atoms with Gasteiger partial charge < -0.3 is 14.3 Å². The largest absolute Gasteiger partial charge is 0.497 e. The molecule has 2 fully saturated rings. The Morgan fingerprint density at radius 3 is 2.92 bits per heavy atom. The number of carbonyl (C=O) groups is 1. The number of benzene rings is 1. The molecule has 1 saturated heterocycles. The van der Waals surface area contributed by atoms with Crippen LogP contribution in [0.1, 0.15) is 25.2 Å². The zero-order chi connectivity index (χ0) is 17.4. The van der Waals surface area contributed by atoms with Crippen LogP contribution in [0.3, 0.4) is 0 Å². The Bertz CT molecular complexity index is 770. The van der Waals surface area contributed by atoms with E-state index in [9.17, 15) is 9.90 Å². The minimum atomic E-state index is -0.649. The lowest BCUT2D eigenvalue weighted by atomic mass is 9.81. The summed E-state index contributed by atoms with van der Waals surface area (Å²) in [5.41, 5.74) is 0.380. The molecule has 4 rings (SSSR count). The van der Waals surface area contributed by atoms with Crippen LogP contribution in [-0.4, -0.2) is 41.2 Å². The summed E-state index contributed by atoms with van der Waals surface area (Å²) in [5.74, 6) is 1.74. The van der Waals surface area contributed by atoms with E-state index in [1.165, 1.54) is 0 Å². The quantitative estimate of drug-likeness (QED) is 0.900. The minimum absolute atomic E-state index is 0.251. The van der Waals surface area contributed by atoms with E-state index in [1.54, 1.807) is 13.3 Å². The molecule has 0 unspecified atom stereocenters. The van der Waals surface area contributed by atoms with Crippen molar-refractivity contribution < 1.29 is 19.1 Å². The van der Waals surface area contributed by atoms with Crippen LogP contribution in [0.4, 0.5) is 0 Å². The third-order valence-corrected chi connectivity index (χ3v) is 5.65. The summed E-state index contributed by atoms with van der Waals surface area (Å²) in [4.78, 5) is 18.3. The molecule has 1 N–H and O–H groups in total. The van der Waals surface area contributed by atoms with Gasteiger partial charge in [0.15, 0.2) is 5.76 Å². The third-order valence-electron chi connectivity index (χ3n) is 5.65. The first kappa shape index (κ1) is 16.1. The Kier molecular flexibility index (Phi) is 4.00. The van der Waals surface area contributed by atoms with Gasteiger partial charge in [0.2, 0.25) is 5.89 Å². The van der Waals surface area contributed by atoms with Crippen LogP contribution < -0.4 is 4.74 Å². The lowest BCUT2D eigenvalue weighted by Crippen LogP contribution is -2.35. The molecule has 1 saturated carbocycles. The minimum Gasteiger partial charge on any atom is -0.497 e. The summed E-state index contributed by atoms with van der Waals surface area (Å²) in [6.07, 6.45) is 4.53. The first-order valence-corrected chi connectivity index (χ1v) is 8.65. The summed E-state index contributed by atoms with van der Waals surface area (Å²) in [6.45, 7) is 1.96. The number of carboxylic acids is 1. The summed E-state index contributed by atoms with van der Waals surface area (Å²) < 4.78 is 11.0. The van der Waals surface area contributed by atoms with Gasteiger partial charge >= 0.3 is 5.97 Å². The van der Waals surface area contributed by atoms with Crippen LogP contribution >= 0.6 is 0 Å². The molecule has 0 amide bonds. The Hall–Kier alpha value is -2.34. The molecule has 2 aliphatic rings. The van der Waals surface area contributed by atoms with E-state index < -0.39 is 11.4 Å². The van der Waals surface area contributed by atoms with Crippen molar-refractivity contribution in [3.05, 3.63) is 36.4 Å². The molecule has 1 aliphatic carbocycles. The molecule has 2 atom stereocenters. The summed E-state index contributed by atoms with van der Waals surface area (Å²) in [5, 5.41) is 9.68. The van der Waals surface area contributed by atoms with Crippen molar-refractivity contribution in [3.8, 4) is 17.1 Å². The average Bonchev–Trinajstić information content (AvgIpc) is 3.29. The van der Waals surface area contributed by atoms with E-state index in [4.69, 9.17) is 9.15 Å². The van der Waals surface area contributed by atoms with Crippen LogP contribution in [0.2, 0.25) is 0 Å². The fourth-order valence-corrected chi connectivity index (χ4v) is 4.33. The predicted octanol–water partition coefficient (Wildman–Crippen LogP) is 3.04. The third kappa shape index (κ3) is 2.80. The predicted molar refractivity (Wildman–Crippen MR) is 91.2 cm³/mol. The number of carboxylic acid groups (broad SMARTS) is 1. The molecule has 2 heterocycles. The molecule has 0 bridgehead atoms. The number of nitrogens with zero attached hydrogens (tertiary/aromatic N) is 2. The second-order valence-electron chi connectivity index (χ2n) is 7.07. The highest BCUT2D eigenvalue weighted by molar-refractivity contribution is 5.76. The zero-order valence-corrected chi connectivity index (χ0v) is 14.3. The molecule has 1 aromatic carbocycles. The summed E-state index contributed by atoms with van der Waals surface area (Å²) in [6, 6.07) is 7.64. The molecule has 6 heteroatoms. The molecule has 1 aliphatic heterocycles. The second-order valence-corrected chi connectivity index (χ2v) is 7.07. The molecule has 6 nitrogen and oxygen atoms in total. The normalized spacial score (nSPS) is 25.9. The van der Waals surface area contributed by atoms with Gasteiger partial charge in [-0.1, -0.05) is 6.42 Å². The maximum absolute atomic E-state index is 11.8. The number of likely N-dealkylation sites (tertiary alicyclic amines) is 1. The molecule has 25 heavy (non-hydrogen) atoms. The standard InChI is InChI=1S/C19H22N2O4/c1-24-15-6-4-13(5-7-15)16-9-20-17(25-16)11-21-10-14-3-2-8-19(14,12-21)18(22)23/h4-7,9,14H,2-3,8,10-12H2,1H3,(H,22,23)/t14-,19+/m0/s1. The highest BCUT2D eigenvalue weighted by atomic mass is 16.5. The first-order valence-electron chi connectivity index (χ1n) is 8.65. The van der Waals surface area contributed by atoms with Crippen molar-refractivity contribution in [1.29, 1.82) is 0 Å². The van der Waals surface area contributed by atoms with Crippen molar-refractivity contribution in [2.24, 2.45) is 11.3 Å². The summed E-state index contributed by atoms with van der Waals surface area (Å²) >= 11 is 0. The smallest absolute Gasteiger partial charge is 0.311 e. The van der Waals surface area contributed by atoms with E-state index in [1.807, 2.05) is 24.3 Å². The number of fused-ring (bicyclic) bond motifs is 1. The highest BCUT2D eigenvalue weighted by Gasteiger charge is 2.54. The van der Waals surface area contributed by atoms with Gasteiger partial charge in [-0.05, 0) is 43.0 Å². The van der Waals surface area contributed by atoms with Gasteiger partial charge in [0, 0.05) is 18.7 Å². The number of hydrogen-bond donors (Lipinski definition) is 1. The van der Waals surface area contributed by atoms with E-state index in [2.05, 4.69) is 9.88 Å². The Morgan fingerprint density at radius 1 is 1.44 bits per heavy atom. The van der Waals surface area contributed by atoms with Crippen molar-refractivity contribution in [3.63, 3.8) is 0 Å². The van der Waals surface area contributed by atoms with Gasteiger partial charge in [-0.2, -0.15) is 0 Å². The van der Waals surface area contributed by atoms with E-state index in [0.29, 0.717) is 24.7 Å². The number of hydrogen-bond acceptors (Lipinski definition) is 5. The number of methoxy groups -OCH3 is 1. The van der Waals surface area contributed by atoms with Gasteiger partial charge in [-0.25, -0.2) is 4.98 Å². The highest BCUT2D eigenvalue weighted by Crippen LogP contribution is 2.49. The fraction of sp³-hybridized carbons (Fsp3) is 0.474. The van der Waals surface area contributed by atoms with Gasteiger partial charge in [0.25, 0.3) is 0 Å². The average molecular weight is 342 g/mol. The van der Waals surface area contributed by atoms with Crippen LogP contribution in [0.5, 0.6) is 5.75 Å². The van der Waals surface area contributed by atoms with E-state index in [0.717, 1.165) is 37.1 Å². The topological polar surface area (TPSA) is 75.8 Å². The van der Waals surface area contributed by atoms with Crippen molar-refractivity contribution in [2.45, 2.75) is 25.8 Å². The molecule has 1 aromatic heterocycles. The SMILES string of the molecule is COc1ccc(-c2cnc(CN3C[C@@H]4CCC[C@@]4(C(=O)O)C3)o2)cc1. The molecular weight excluding hydrogens is 320 g/mol. The monoisotopic (exact) mass is 342 g/mol. The maximum atomic E-state index is 11.8. The number of rotatable bonds is 5. The Labute approximate surface area is 146 Å². The molecular formula is C19H22N2O4. The molecule has 0 spiro atoms. The molecule has 2 aromatic rings. The lowest BCUT2D eigenvalue weighted by molar-refractivity contribution is -0.149. The summed E-state index contributed by atoms with van der Waals surface area (Å²) in [7, 11) is 1.64. The van der Waals surface area contributed by atoms with Gasteiger partial charge in [0.1, 0.15) is 5.75 Å². The number of oxazole rings is 1. The molecule has 0 radical (unpaired) electrons. The number of aliphatic carboxylic acids is 1. The zero-order valence-electron chi connectivity index (χ0n) is 14.3. The Balaban J connectivity index is 1.46. The van der Waals surface area contributed by atoms with Crippen LogP contribution in [-0.2, 0) is 11.3 Å². The fourth-order valence-electron chi connectivity index (χ4n) is 4.33. The molecule has 132 valence electrons. The lowest BCUT2D eigenvalue weighted by Gasteiger charge is -2.23. The van der Waals surface area contributed by atoms with E-state index in [-0.39, 0.29) is 5.92 Å². The van der Waals surface area contributed by atoms with Gasteiger partial charge in [-0.3, -0.25) is 9.69 Å². The van der Waals surface area contributed by atoms with Crippen molar-refractivity contribution in [2.75, 3.05) is 20.2 Å². The van der Waals surface area contributed by atoms with Crippen LogP contribution in [0, 0.1) is 11.3 Å². The first-order chi connectivity index (χ1) is 12.1. The number of ether oxygens (including phenoxy) is 1. The second kappa shape index (κ2) is 6.19. The van der Waals surface area contributed by atoms with Crippen LogP contribution in [0.25, 0.3) is 11.3 Å². The van der Waals surface area contributed by atoms with Crippen LogP contribution in [0.15, 0.2) is 34.9 Å². The van der Waals surface area contributed by atoms with Gasteiger partial charge in [-0.15, -0.1) is 0 Å². The Morgan fingerprint density at radius 2 is 2.24 bits per heavy atom. The van der Waals surface area contributed by atoms with Crippen molar-refractivity contribution >= 4 is 5.97 Å².